The van der Waals surface area contributed by atoms with E-state index in [0.29, 0.717) is 0 Å². The molecule has 0 aliphatic heterocycles. The molecule has 0 heterocycles. The monoisotopic (exact) mass is 697 g/mol. The summed E-state index contributed by atoms with van der Waals surface area (Å²) in [5.41, 5.74) is 0. The van der Waals surface area contributed by atoms with Crippen LogP contribution >= 0.6 is 11.8 Å². The third-order valence-electron chi connectivity index (χ3n) is 7.76. The standard InChI is InChI=1S/C24H19S2.C18H30O3S/c1-4-10-20(11-5-1)25-21-16-18-24(19-17-21)26(22-12-6-2-7-13-22)23-14-8-3-9-15-23;1-2-3-4-5-6-7-8-9-10-14-17-21-22(19,20)18-15-12-11-13-16-18/h1-19H;11-13,15-16H,2-10,14,17H2,1H3/q+1;. The van der Waals surface area contributed by atoms with Gasteiger partial charge < -0.3 is 0 Å². The average Bonchev–Trinajstić information content (AvgIpc) is 3.13. The molecule has 0 spiro atoms. The Morgan fingerprint density at radius 1 is 0.479 bits per heavy atom. The number of hydrogen-bond donors (Lipinski definition) is 0. The third kappa shape index (κ3) is 13.3. The first kappa shape index (κ1) is 37.5. The fraction of sp³-hybridized carbons (Fsp3) is 0.286. The van der Waals surface area contributed by atoms with Gasteiger partial charge in [-0.15, -0.1) is 0 Å². The molecule has 252 valence electrons. The van der Waals surface area contributed by atoms with Crippen molar-refractivity contribution < 1.29 is 12.6 Å². The van der Waals surface area contributed by atoms with E-state index in [2.05, 4.69) is 122 Å². The van der Waals surface area contributed by atoms with Crippen LogP contribution in [0.3, 0.4) is 0 Å². The Morgan fingerprint density at radius 2 is 0.875 bits per heavy atom. The molecular weight excluding hydrogens is 649 g/mol. The summed E-state index contributed by atoms with van der Waals surface area (Å²) >= 11 is 1.80. The fourth-order valence-electron chi connectivity index (χ4n) is 5.20. The molecule has 0 amide bonds. The summed E-state index contributed by atoms with van der Waals surface area (Å²) in [4.78, 5) is 6.82. The molecule has 48 heavy (non-hydrogen) atoms. The van der Waals surface area contributed by atoms with Crippen LogP contribution in [0.4, 0.5) is 0 Å². The Bertz CT molecular complexity index is 1610. The minimum absolute atomic E-state index is 0.0786. The molecule has 0 aliphatic carbocycles. The zero-order valence-corrected chi connectivity index (χ0v) is 30.5. The van der Waals surface area contributed by atoms with Crippen molar-refractivity contribution in [3.63, 3.8) is 0 Å². The lowest BCUT2D eigenvalue weighted by atomic mass is 10.1. The Kier molecular flexibility index (Phi) is 16.9. The number of benzene rings is 5. The quantitative estimate of drug-likeness (QED) is 0.0519. The van der Waals surface area contributed by atoms with Gasteiger partial charge in [0.2, 0.25) is 0 Å². The van der Waals surface area contributed by atoms with E-state index in [9.17, 15) is 8.42 Å². The normalized spacial score (nSPS) is 11.2. The lowest BCUT2D eigenvalue weighted by Crippen LogP contribution is -2.07. The summed E-state index contributed by atoms with van der Waals surface area (Å²) in [7, 11) is -3.65. The Morgan fingerprint density at radius 3 is 1.38 bits per heavy atom. The minimum atomic E-state index is -3.57. The number of rotatable bonds is 18. The molecule has 0 saturated heterocycles. The first-order chi connectivity index (χ1) is 23.6. The first-order valence-electron chi connectivity index (χ1n) is 17.2. The molecule has 0 saturated carbocycles. The highest BCUT2D eigenvalue weighted by atomic mass is 32.2. The predicted octanol–water partition coefficient (Wildman–Crippen LogP) is 12.2. The largest absolute Gasteiger partial charge is 0.296 e. The maximum absolute atomic E-state index is 11.9. The van der Waals surface area contributed by atoms with Crippen LogP contribution < -0.4 is 0 Å². The van der Waals surface area contributed by atoms with Gasteiger partial charge in [-0.2, -0.15) is 8.42 Å². The van der Waals surface area contributed by atoms with Gasteiger partial charge in [0.05, 0.1) is 22.4 Å². The van der Waals surface area contributed by atoms with Gasteiger partial charge in [0.25, 0.3) is 10.1 Å². The molecule has 0 N–H and O–H groups in total. The van der Waals surface area contributed by atoms with Crippen molar-refractivity contribution in [1.29, 1.82) is 0 Å². The van der Waals surface area contributed by atoms with Gasteiger partial charge in [-0.1, -0.05) is 149 Å². The van der Waals surface area contributed by atoms with E-state index in [-0.39, 0.29) is 22.4 Å². The zero-order valence-electron chi connectivity index (χ0n) is 28.1. The van der Waals surface area contributed by atoms with Crippen molar-refractivity contribution in [3.05, 3.63) is 146 Å². The van der Waals surface area contributed by atoms with Crippen LogP contribution in [0.1, 0.15) is 71.1 Å². The molecule has 0 aromatic heterocycles. The van der Waals surface area contributed by atoms with Crippen LogP contribution in [0.15, 0.2) is 175 Å². The Hall–Kier alpha value is -3.29. The van der Waals surface area contributed by atoms with Crippen molar-refractivity contribution in [2.24, 2.45) is 0 Å². The number of unbranched alkanes of at least 4 members (excludes halogenated alkanes) is 9. The minimum Gasteiger partial charge on any atom is -0.266 e. The highest BCUT2D eigenvalue weighted by Crippen LogP contribution is 2.33. The Balaban J connectivity index is 0.000000221. The van der Waals surface area contributed by atoms with E-state index in [4.69, 9.17) is 4.18 Å². The second-order valence-electron chi connectivity index (χ2n) is 11.6. The van der Waals surface area contributed by atoms with Gasteiger partial charge >= 0.3 is 0 Å². The third-order valence-corrected chi connectivity index (χ3v) is 12.3. The predicted molar refractivity (Wildman–Crippen MR) is 203 cm³/mol. The van der Waals surface area contributed by atoms with E-state index in [1.54, 1.807) is 42.1 Å². The van der Waals surface area contributed by atoms with Crippen molar-refractivity contribution >= 4 is 32.8 Å². The van der Waals surface area contributed by atoms with E-state index in [1.165, 1.54) is 75.8 Å². The van der Waals surface area contributed by atoms with Gasteiger partial charge in [-0.25, -0.2) is 0 Å². The highest BCUT2D eigenvalue weighted by molar-refractivity contribution is 7.99. The summed E-state index contributed by atoms with van der Waals surface area (Å²) in [6.07, 6.45) is 12.3. The van der Waals surface area contributed by atoms with Crippen LogP contribution in [0.5, 0.6) is 0 Å². The molecular formula is C42H49O3S3+. The first-order valence-corrected chi connectivity index (χ1v) is 20.6. The number of hydrogen-bond acceptors (Lipinski definition) is 4. The molecule has 0 atom stereocenters. The summed E-state index contributed by atoms with van der Waals surface area (Å²) in [6.45, 7) is 2.52. The molecule has 0 unspecified atom stereocenters. The van der Waals surface area contributed by atoms with Crippen LogP contribution in [-0.4, -0.2) is 15.0 Å². The van der Waals surface area contributed by atoms with Gasteiger partial charge in [-0.3, -0.25) is 4.18 Å². The second-order valence-corrected chi connectivity index (χ2v) is 16.4. The summed E-state index contributed by atoms with van der Waals surface area (Å²) < 4.78 is 28.8. The van der Waals surface area contributed by atoms with Crippen LogP contribution in [0, 0.1) is 0 Å². The van der Waals surface area contributed by atoms with Crippen LogP contribution in [0.25, 0.3) is 0 Å². The lowest BCUT2D eigenvalue weighted by molar-refractivity contribution is 0.306. The van der Waals surface area contributed by atoms with Crippen molar-refractivity contribution in [2.75, 3.05) is 6.61 Å². The van der Waals surface area contributed by atoms with E-state index < -0.39 is 10.1 Å². The van der Waals surface area contributed by atoms with E-state index in [0.717, 1.165) is 12.8 Å². The summed E-state index contributed by atoms with van der Waals surface area (Å²) in [5, 5.41) is 0. The van der Waals surface area contributed by atoms with Crippen LogP contribution in [0.2, 0.25) is 0 Å². The van der Waals surface area contributed by atoms with Gasteiger partial charge in [-0.05, 0) is 79.2 Å². The van der Waals surface area contributed by atoms with Crippen molar-refractivity contribution in [2.45, 2.75) is 101 Å². The summed E-state index contributed by atoms with van der Waals surface area (Å²) in [6, 6.07) is 49.4. The maximum atomic E-state index is 11.9. The summed E-state index contributed by atoms with van der Waals surface area (Å²) in [5.74, 6) is 0. The lowest BCUT2D eigenvalue weighted by Gasteiger charge is -2.08. The van der Waals surface area contributed by atoms with Crippen LogP contribution in [-0.2, 0) is 25.2 Å². The zero-order chi connectivity index (χ0) is 33.7. The second kappa shape index (κ2) is 21.6. The smallest absolute Gasteiger partial charge is 0.266 e. The molecule has 5 aromatic rings. The molecule has 0 aliphatic rings. The fourth-order valence-corrected chi connectivity index (χ4v) is 9.09. The molecule has 0 fully saturated rings. The molecule has 3 nitrogen and oxygen atoms in total. The van der Waals surface area contributed by atoms with Crippen molar-refractivity contribution in [1.82, 2.24) is 0 Å². The molecule has 5 aromatic carbocycles. The highest BCUT2D eigenvalue weighted by Gasteiger charge is 2.28. The topological polar surface area (TPSA) is 43.4 Å². The van der Waals surface area contributed by atoms with Gasteiger partial charge in [0.1, 0.15) is 0 Å². The SMILES string of the molecule is CCCCCCCCCCCCOS(=O)(=O)c1ccccc1.c1ccc(Sc2ccc([S+](c3ccccc3)c3ccccc3)cc2)cc1. The maximum Gasteiger partial charge on any atom is 0.296 e. The van der Waals surface area contributed by atoms with Gasteiger partial charge in [0.15, 0.2) is 14.7 Å². The van der Waals surface area contributed by atoms with E-state index in [1.807, 2.05) is 0 Å². The molecule has 5 rings (SSSR count). The molecule has 0 radical (unpaired) electrons. The van der Waals surface area contributed by atoms with Gasteiger partial charge in [0, 0.05) is 9.79 Å². The molecule has 6 heteroatoms. The van der Waals surface area contributed by atoms with Crippen molar-refractivity contribution in [3.8, 4) is 0 Å². The average molecular weight is 698 g/mol. The van der Waals surface area contributed by atoms with E-state index >= 15 is 0 Å². The molecule has 0 bridgehead atoms. The Labute approximate surface area is 296 Å².